The second kappa shape index (κ2) is 8.35. The number of piperazine rings is 1. The lowest BCUT2D eigenvalue weighted by Crippen LogP contribution is -2.47. The van der Waals surface area contributed by atoms with E-state index in [4.69, 9.17) is 4.98 Å². The smallest absolute Gasteiger partial charge is 0.269 e. The van der Waals surface area contributed by atoms with Crippen LogP contribution in [0.2, 0.25) is 0 Å². The van der Waals surface area contributed by atoms with E-state index in [9.17, 15) is 14.9 Å². The minimum absolute atomic E-state index is 0.0204. The van der Waals surface area contributed by atoms with Gasteiger partial charge in [-0.2, -0.15) is 0 Å². The highest BCUT2D eigenvalue weighted by molar-refractivity contribution is 5.94. The Hall–Kier alpha value is -3.07. The summed E-state index contributed by atoms with van der Waals surface area (Å²) in [4.78, 5) is 39.3. The molecule has 4 rings (SSSR count). The first-order valence-electron chi connectivity index (χ1n) is 10.3. The Labute approximate surface area is 175 Å². The summed E-state index contributed by atoms with van der Waals surface area (Å²) < 4.78 is 0. The van der Waals surface area contributed by atoms with Crippen LogP contribution < -0.4 is 4.90 Å². The lowest BCUT2D eigenvalue weighted by molar-refractivity contribution is -0.384. The normalized spacial score (nSPS) is 17.0. The quantitative estimate of drug-likeness (QED) is 0.562. The van der Waals surface area contributed by atoms with Crippen molar-refractivity contribution in [3.05, 3.63) is 57.0 Å². The molecule has 2 aliphatic rings. The Kier molecular flexibility index (Phi) is 5.63. The maximum Gasteiger partial charge on any atom is 0.269 e. The van der Waals surface area contributed by atoms with Gasteiger partial charge in [0.25, 0.3) is 11.6 Å². The predicted octanol–water partition coefficient (Wildman–Crippen LogP) is 2.03. The van der Waals surface area contributed by atoms with Gasteiger partial charge in [-0.15, -0.1) is 0 Å². The van der Waals surface area contributed by atoms with Crippen LogP contribution in [0.15, 0.2) is 24.3 Å². The predicted molar refractivity (Wildman–Crippen MR) is 113 cm³/mol. The third-order valence-corrected chi connectivity index (χ3v) is 5.88. The van der Waals surface area contributed by atoms with Crippen LogP contribution >= 0.6 is 0 Å². The van der Waals surface area contributed by atoms with E-state index in [0.29, 0.717) is 25.1 Å². The molecule has 1 aromatic carbocycles. The van der Waals surface area contributed by atoms with Crippen LogP contribution in [0.25, 0.3) is 0 Å². The van der Waals surface area contributed by atoms with Gasteiger partial charge in [-0.3, -0.25) is 14.9 Å². The highest BCUT2D eigenvalue weighted by Crippen LogP contribution is 2.28. The summed E-state index contributed by atoms with van der Waals surface area (Å²) in [7, 11) is 0. The van der Waals surface area contributed by atoms with Gasteiger partial charge in [0, 0.05) is 62.4 Å². The molecule has 1 amide bonds. The molecular weight excluding hydrogens is 384 g/mol. The van der Waals surface area contributed by atoms with Crippen molar-refractivity contribution in [1.29, 1.82) is 0 Å². The molecule has 9 nitrogen and oxygen atoms in total. The number of aryl methyl sites for hydroxylation is 1. The summed E-state index contributed by atoms with van der Waals surface area (Å²) in [5.41, 5.74) is 2.47. The first-order valence-corrected chi connectivity index (χ1v) is 10.3. The number of fused-ring (bicyclic) bond motifs is 1. The highest BCUT2D eigenvalue weighted by Gasteiger charge is 2.29. The van der Waals surface area contributed by atoms with Crippen molar-refractivity contribution in [2.75, 3.05) is 44.2 Å². The van der Waals surface area contributed by atoms with E-state index in [1.165, 1.54) is 24.3 Å². The number of amides is 1. The number of carbonyl (C=O) groups is 1. The second-order valence-electron chi connectivity index (χ2n) is 7.72. The van der Waals surface area contributed by atoms with Crippen LogP contribution in [0.4, 0.5) is 11.5 Å². The van der Waals surface area contributed by atoms with Gasteiger partial charge in [-0.25, -0.2) is 9.97 Å². The molecular formula is C21H26N6O3. The van der Waals surface area contributed by atoms with Crippen LogP contribution in [-0.2, 0) is 13.0 Å². The molecule has 0 bridgehead atoms. The van der Waals surface area contributed by atoms with Crippen LogP contribution in [0.3, 0.4) is 0 Å². The van der Waals surface area contributed by atoms with Crippen molar-refractivity contribution in [3.8, 4) is 0 Å². The van der Waals surface area contributed by atoms with E-state index < -0.39 is 4.92 Å². The molecule has 0 atom stereocenters. The molecule has 0 spiro atoms. The number of nitro benzene ring substituents is 1. The number of rotatable bonds is 4. The fraction of sp³-hybridized carbons (Fsp3) is 0.476. The average molecular weight is 410 g/mol. The van der Waals surface area contributed by atoms with Gasteiger partial charge in [-0.1, -0.05) is 6.92 Å². The monoisotopic (exact) mass is 410 g/mol. The molecule has 0 aliphatic carbocycles. The zero-order chi connectivity index (χ0) is 21.3. The lowest BCUT2D eigenvalue weighted by Gasteiger charge is -2.37. The minimum atomic E-state index is -0.463. The van der Waals surface area contributed by atoms with Gasteiger partial charge in [-0.05, 0) is 25.6 Å². The Balaban J connectivity index is 1.56. The topological polar surface area (TPSA) is 95.7 Å². The Morgan fingerprint density at radius 3 is 2.43 bits per heavy atom. The third-order valence-electron chi connectivity index (χ3n) is 5.88. The summed E-state index contributed by atoms with van der Waals surface area (Å²) in [6, 6.07) is 5.78. The summed E-state index contributed by atoms with van der Waals surface area (Å²) in [5.74, 6) is 1.57. The first-order chi connectivity index (χ1) is 14.5. The van der Waals surface area contributed by atoms with E-state index in [-0.39, 0.29) is 11.6 Å². The Morgan fingerprint density at radius 2 is 1.80 bits per heavy atom. The number of benzene rings is 1. The van der Waals surface area contributed by atoms with Crippen molar-refractivity contribution in [2.24, 2.45) is 0 Å². The molecule has 3 heterocycles. The van der Waals surface area contributed by atoms with E-state index >= 15 is 0 Å². The number of anilines is 1. The van der Waals surface area contributed by atoms with Crippen molar-refractivity contribution >= 4 is 17.4 Å². The first kappa shape index (κ1) is 20.2. The van der Waals surface area contributed by atoms with E-state index in [1.54, 1.807) is 4.90 Å². The minimum Gasteiger partial charge on any atom is -0.354 e. The molecule has 0 radical (unpaired) electrons. The van der Waals surface area contributed by atoms with Crippen molar-refractivity contribution < 1.29 is 9.72 Å². The summed E-state index contributed by atoms with van der Waals surface area (Å²) >= 11 is 0. The standard InChI is InChI=1S/C21H26N6O3/c1-3-24-10-12-25(13-11-24)20-18-14-26(9-8-19(18)22-15(2)23-20)21(28)16-4-6-17(7-5-16)27(29)30/h4-7H,3,8-14H2,1-2H3. The van der Waals surface area contributed by atoms with E-state index in [1.807, 2.05) is 6.92 Å². The maximum atomic E-state index is 13.0. The number of aromatic nitrogens is 2. The Morgan fingerprint density at radius 1 is 1.10 bits per heavy atom. The van der Waals surface area contributed by atoms with Crippen molar-refractivity contribution in [3.63, 3.8) is 0 Å². The summed E-state index contributed by atoms with van der Waals surface area (Å²) in [5, 5.41) is 10.9. The van der Waals surface area contributed by atoms with Crippen LogP contribution in [0.1, 0.15) is 34.4 Å². The average Bonchev–Trinajstić information content (AvgIpc) is 2.78. The SMILES string of the molecule is CCN1CCN(c2nc(C)nc3c2CN(C(=O)c2ccc([N+](=O)[O-])cc2)CC3)CC1. The van der Waals surface area contributed by atoms with Gasteiger partial charge >= 0.3 is 0 Å². The maximum absolute atomic E-state index is 13.0. The second-order valence-corrected chi connectivity index (χ2v) is 7.72. The molecule has 0 N–H and O–H groups in total. The number of non-ortho nitro benzene ring substituents is 1. The van der Waals surface area contributed by atoms with Gasteiger partial charge in [0.1, 0.15) is 11.6 Å². The van der Waals surface area contributed by atoms with Crippen molar-refractivity contribution in [1.82, 2.24) is 19.8 Å². The summed E-state index contributed by atoms with van der Waals surface area (Å²) in [6.07, 6.45) is 0.680. The fourth-order valence-electron chi connectivity index (χ4n) is 4.14. The molecule has 30 heavy (non-hydrogen) atoms. The van der Waals surface area contributed by atoms with Gasteiger partial charge < -0.3 is 14.7 Å². The van der Waals surface area contributed by atoms with Gasteiger partial charge in [0.15, 0.2) is 0 Å². The lowest BCUT2D eigenvalue weighted by atomic mass is 10.0. The molecule has 2 aliphatic heterocycles. The number of hydrogen-bond donors (Lipinski definition) is 0. The van der Waals surface area contributed by atoms with Gasteiger partial charge in [0.05, 0.1) is 17.2 Å². The zero-order valence-corrected chi connectivity index (χ0v) is 17.4. The molecule has 2 aromatic rings. The highest BCUT2D eigenvalue weighted by atomic mass is 16.6. The number of nitrogens with zero attached hydrogens (tertiary/aromatic N) is 6. The molecule has 1 fully saturated rings. The third kappa shape index (κ3) is 3.97. The zero-order valence-electron chi connectivity index (χ0n) is 17.4. The summed E-state index contributed by atoms with van der Waals surface area (Å²) in [6.45, 7) is 9.98. The molecule has 0 saturated carbocycles. The molecule has 9 heteroatoms. The largest absolute Gasteiger partial charge is 0.354 e. The molecule has 0 unspecified atom stereocenters. The Bertz CT molecular complexity index is 954. The number of carbonyl (C=O) groups excluding carboxylic acids is 1. The fourth-order valence-corrected chi connectivity index (χ4v) is 4.14. The van der Waals surface area contributed by atoms with E-state index in [0.717, 1.165) is 55.6 Å². The molecule has 158 valence electrons. The number of hydrogen-bond acceptors (Lipinski definition) is 7. The van der Waals surface area contributed by atoms with Crippen LogP contribution in [0, 0.1) is 17.0 Å². The van der Waals surface area contributed by atoms with Crippen LogP contribution in [0.5, 0.6) is 0 Å². The van der Waals surface area contributed by atoms with Crippen molar-refractivity contribution in [2.45, 2.75) is 26.8 Å². The van der Waals surface area contributed by atoms with E-state index in [2.05, 4.69) is 21.7 Å². The number of nitro groups is 1. The van der Waals surface area contributed by atoms with Crippen LogP contribution in [-0.4, -0.2) is 69.9 Å². The molecule has 1 aromatic heterocycles. The number of likely N-dealkylation sites (N-methyl/N-ethyl adjacent to an activating group) is 1. The molecule has 1 saturated heterocycles. The van der Waals surface area contributed by atoms with Gasteiger partial charge in [0.2, 0.25) is 0 Å².